The summed E-state index contributed by atoms with van der Waals surface area (Å²) in [4.78, 5) is 25.5. The van der Waals surface area contributed by atoms with E-state index in [4.69, 9.17) is 9.47 Å². The van der Waals surface area contributed by atoms with Crippen LogP contribution < -0.4 is 0 Å². The molecule has 1 saturated heterocycles. The first kappa shape index (κ1) is 15.3. The van der Waals surface area contributed by atoms with Gasteiger partial charge >= 0.3 is 5.97 Å². The summed E-state index contributed by atoms with van der Waals surface area (Å²) >= 11 is 0. The zero-order valence-electron chi connectivity index (χ0n) is 12.1. The second kappa shape index (κ2) is 6.58. The molecule has 0 bridgehead atoms. The molecule has 1 aliphatic rings. The Balaban J connectivity index is 1.87. The van der Waals surface area contributed by atoms with Crippen molar-refractivity contribution in [1.29, 1.82) is 0 Å². The Morgan fingerprint density at radius 1 is 1.33 bits per heavy atom. The summed E-state index contributed by atoms with van der Waals surface area (Å²) in [6.45, 7) is 4.47. The van der Waals surface area contributed by atoms with Crippen LogP contribution in [-0.4, -0.2) is 53.8 Å². The Kier molecular flexibility index (Phi) is 4.80. The van der Waals surface area contributed by atoms with Crippen molar-refractivity contribution in [3.63, 3.8) is 0 Å². The van der Waals surface area contributed by atoms with E-state index in [1.165, 1.54) is 18.2 Å². The Labute approximate surface area is 123 Å². The lowest BCUT2D eigenvalue weighted by Crippen LogP contribution is -2.49. The molecule has 1 aliphatic heterocycles. The van der Waals surface area contributed by atoms with Gasteiger partial charge < -0.3 is 19.5 Å². The Bertz CT molecular complexity index is 521. The molecule has 2 rings (SSSR count). The van der Waals surface area contributed by atoms with E-state index in [-0.39, 0.29) is 36.0 Å². The lowest BCUT2D eigenvalue weighted by molar-refractivity contribution is -0.146. The molecule has 1 aromatic carbocycles. The van der Waals surface area contributed by atoms with E-state index < -0.39 is 5.97 Å². The number of benzene rings is 1. The SMILES string of the molecule is CC1CN(C(=O)COC(=O)c2cccc(O)c2)CC(C)O1. The molecule has 0 radical (unpaired) electrons. The number of rotatable bonds is 3. The molecule has 2 unspecified atom stereocenters. The predicted octanol–water partition coefficient (Wildman–Crippen LogP) is 1.18. The van der Waals surface area contributed by atoms with Crippen LogP contribution in [-0.2, 0) is 14.3 Å². The van der Waals surface area contributed by atoms with Gasteiger partial charge in [-0.1, -0.05) is 6.07 Å². The third-order valence-corrected chi connectivity index (χ3v) is 3.18. The van der Waals surface area contributed by atoms with Gasteiger partial charge in [0.05, 0.1) is 17.8 Å². The second-order valence-corrected chi connectivity index (χ2v) is 5.18. The van der Waals surface area contributed by atoms with Gasteiger partial charge in [-0.3, -0.25) is 4.79 Å². The molecule has 0 spiro atoms. The maximum absolute atomic E-state index is 12.0. The van der Waals surface area contributed by atoms with Gasteiger partial charge in [-0.2, -0.15) is 0 Å². The van der Waals surface area contributed by atoms with Crippen LogP contribution in [0.15, 0.2) is 24.3 Å². The molecule has 0 aliphatic carbocycles. The van der Waals surface area contributed by atoms with E-state index in [1.54, 1.807) is 11.0 Å². The quantitative estimate of drug-likeness (QED) is 0.847. The number of phenolic OH excluding ortho intramolecular Hbond substituents is 1. The van der Waals surface area contributed by atoms with Crippen LogP contribution in [0.4, 0.5) is 0 Å². The van der Waals surface area contributed by atoms with E-state index in [1.807, 2.05) is 13.8 Å². The molecule has 1 N–H and O–H groups in total. The minimum atomic E-state index is -0.631. The van der Waals surface area contributed by atoms with Crippen LogP contribution in [0.1, 0.15) is 24.2 Å². The van der Waals surface area contributed by atoms with Gasteiger partial charge in [-0.25, -0.2) is 4.79 Å². The normalized spacial score (nSPS) is 21.9. The van der Waals surface area contributed by atoms with Gasteiger partial charge in [0.2, 0.25) is 0 Å². The molecule has 2 atom stereocenters. The lowest BCUT2D eigenvalue weighted by Gasteiger charge is -2.35. The van der Waals surface area contributed by atoms with E-state index >= 15 is 0 Å². The number of esters is 1. The predicted molar refractivity (Wildman–Crippen MR) is 75.0 cm³/mol. The lowest BCUT2D eigenvalue weighted by atomic mass is 10.2. The summed E-state index contributed by atoms with van der Waals surface area (Å²) < 4.78 is 10.5. The molecule has 1 heterocycles. The van der Waals surface area contributed by atoms with Gasteiger partial charge in [-0.05, 0) is 32.0 Å². The molecule has 114 valence electrons. The number of hydrogen-bond acceptors (Lipinski definition) is 5. The molecule has 6 heteroatoms. The Hall–Kier alpha value is -2.08. The summed E-state index contributed by atoms with van der Waals surface area (Å²) in [6, 6.07) is 5.81. The number of nitrogens with zero attached hydrogens (tertiary/aromatic N) is 1. The van der Waals surface area contributed by atoms with Crippen molar-refractivity contribution in [3.05, 3.63) is 29.8 Å². The fourth-order valence-corrected chi connectivity index (χ4v) is 2.32. The number of morpholine rings is 1. The van der Waals surface area contributed by atoms with Gasteiger partial charge in [0.1, 0.15) is 5.75 Å². The zero-order chi connectivity index (χ0) is 15.4. The summed E-state index contributed by atoms with van der Waals surface area (Å²) in [5.74, 6) is -0.897. The Morgan fingerprint density at radius 3 is 2.62 bits per heavy atom. The van der Waals surface area contributed by atoms with Gasteiger partial charge in [-0.15, -0.1) is 0 Å². The van der Waals surface area contributed by atoms with Crippen molar-refractivity contribution >= 4 is 11.9 Å². The summed E-state index contributed by atoms with van der Waals surface area (Å²) in [6.07, 6.45) is -0.0565. The first-order valence-electron chi connectivity index (χ1n) is 6.85. The maximum Gasteiger partial charge on any atom is 0.338 e. The van der Waals surface area contributed by atoms with Crippen LogP contribution >= 0.6 is 0 Å². The van der Waals surface area contributed by atoms with Gasteiger partial charge in [0, 0.05) is 13.1 Å². The van der Waals surface area contributed by atoms with Crippen LogP contribution in [0.2, 0.25) is 0 Å². The molecular weight excluding hydrogens is 274 g/mol. The van der Waals surface area contributed by atoms with Crippen molar-refractivity contribution < 1.29 is 24.2 Å². The minimum Gasteiger partial charge on any atom is -0.508 e. The first-order valence-corrected chi connectivity index (χ1v) is 6.85. The summed E-state index contributed by atoms with van der Waals surface area (Å²) in [5, 5.41) is 9.30. The van der Waals surface area contributed by atoms with E-state index in [2.05, 4.69) is 0 Å². The first-order chi connectivity index (χ1) is 9.95. The molecule has 21 heavy (non-hydrogen) atoms. The highest BCUT2D eigenvalue weighted by molar-refractivity contribution is 5.91. The fraction of sp³-hybridized carbons (Fsp3) is 0.467. The van der Waals surface area contributed by atoms with E-state index in [9.17, 15) is 14.7 Å². The minimum absolute atomic E-state index is 0.0217. The third-order valence-electron chi connectivity index (χ3n) is 3.18. The number of carbonyl (C=O) groups excluding carboxylic acids is 2. The average Bonchev–Trinajstić information content (AvgIpc) is 2.43. The summed E-state index contributed by atoms with van der Waals surface area (Å²) in [7, 11) is 0. The van der Waals surface area contributed by atoms with Crippen LogP contribution in [0.3, 0.4) is 0 Å². The van der Waals surface area contributed by atoms with Crippen LogP contribution in [0.25, 0.3) is 0 Å². The number of aromatic hydroxyl groups is 1. The highest BCUT2D eigenvalue weighted by Gasteiger charge is 2.26. The van der Waals surface area contributed by atoms with Crippen LogP contribution in [0.5, 0.6) is 5.75 Å². The van der Waals surface area contributed by atoms with E-state index in [0.717, 1.165) is 0 Å². The number of hydrogen-bond donors (Lipinski definition) is 1. The summed E-state index contributed by atoms with van der Waals surface area (Å²) in [5.41, 5.74) is 0.214. The third kappa shape index (κ3) is 4.19. The van der Waals surface area contributed by atoms with Gasteiger partial charge in [0.15, 0.2) is 6.61 Å². The molecule has 0 aromatic heterocycles. The average molecular weight is 293 g/mol. The largest absolute Gasteiger partial charge is 0.508 e. The molecule has 6 nitrogen and oxygen atoms in total. The molecular formula is C15H19NO5. The van der Waals surface area contributed by atoms with Crippen LogP contribution in [0, 0.1) is 0 Å². The topological polar surface area (TPSA) is 76.1 Å². The Morgan fingerprint density at radius 2 is 2.00 bits per heavy atom. The monoisotopic (exact) mass is 293 g/mol. The molecule has 1 amide bonds. The number of amides is 1. The van der Waals surface area contributed by atoms with Crippen molar-refractivity contribution in [2.75, 3.05) is 19.7 Å². The van der Waals surface area contributed by atoms with Crippen molar-refractivity contribution in [2.45, 2.75) is 26.1 Å². The number of phenols is 1. The van der Waals surface area contributed by atoms with E-state index in [0.29, 0.717) is 13.1 Å². The molecule has 1 aromatic rings. The second-order valence-electron chi connectivity index (χ2n) is 5.18. The van der Waals surface area contributed by atoms with Crippen molar-refractivity contribution in [3.8, 4) is 5.75 Å². The number of carbonyl (C=O) groups is 2. The molecule has 0 saturated carbocycles. The molecule has 1 fully saturated rings. The smallest absolute Gasteiger partial charge is 0.338 e. The van der Waals surface area contributed by atoms with Gasteiger partial charge in [0.25, 0.3) is 5.91 Å². The highest BCUT2D eigenvalue weighted by Crippen LogP contribution is 2.13. The fourth-order valence-electron chi connectivity index (χ4n) is 2.32. The standard InChI is InChI=1S/C15H19NO5/c1-10-7-16(8-11(2)21-10)14(18)9-20-15(19)12-4-3-5-13(17)6-12/h3-6,10-11,17H,7-9H2,1-2H3. The highest BCUT2D eigenvalue weighted by atomic mass is 16.5. The maximum atomic E-state index is 12.0. The zero-order valence-corrected chi connectivity index (χ0v) is 12.1. The number of ether oxygens (including phenoxy) is 2. The van der Waals surface area contributed by atoms with Crippen molar-refractivity contribution in [1.82, 2.24) is 4.90 Å². The van der Waals surface area contributed by atoms with Crippen molar-refractivity contribution in [2.24, 2.45) is 0 Å².